The van der Waals surface area contributed by atoms with Crippen LogP contribution in [0.4, 0.5) is 0 Å². The third-order valence-corrected chi connectivity index (χ3v) is 6.01. The molecule has 2 heterocycles. The highest BCUT2D eigenvalue weighted by Gasteiger charge is 2.30. The largest absolute Gasteiger partial charge is 0.365 e. The lowest BCUT2D eigenvalue weighted by Crippen LogP contribution is -2.28. The monoisotopic (exact) mass is 374 g/mol. The van der Waals surface area contributed by atoms with Crippen LogP contribution in [0.2, 0.25) is 0 Å². The lowest BCUT2D eigenvalue weighted by molar-refractivity contribution is -0.125. The fraction of sp³-hybridized carbons (Fsp3) is 0.182. The molecular formula is C22H18N2O2S. The predicted octanol–water partition coefficient (Wildman–Crippen LogP) is 3.72. The van der Waals surface area contributed by atoms with E-state index in [2.05, 4.69) is 11.8 Å². The SMILES string of the molecule is NC(=O)c1ccc(C2CCCN2C(=O)C#Cc2cccc3ccccc23)s1. The van der Waals surface area contributed by atoms with E-state index in [-0.39, 0.29) is 11.9 Å². The standard InChI is InChI=1S/C22H18N2O2S/c23-22(26)20-12-11-19(27-20)18-9-4-14-24(18)21(25)13-10-16-7-3-6-15-5-1-2-8-17(15)16/h1-3,5-8,11-12,18H,4,9,14H2,(H2,23,26). The molecule has 2 N–H and O–H groups in total. The summed E-state index contributed by atoms with van der Waals surface area (Å²) >= 11 is 1.36. The van der Waals surface area contributed by atoms with Crippen LogP contribution >= 0.6 is 11.3 Å². The number of fused-ring (bicyclic) bond motifs is 1. The third kappa shape index (κ3) is 3.44. The maximum atomic E-state index is 12.7. The topological polar surface area (TPSA) is 63.4 Å². The van der Waals surface area contributed by atoms with E-state index in [4.69, 9.17) is 5.73 Å². The molecule has 0 spiro atoms. The van der Waals surface area contributed by atoms with Crippen LogP contribution in [0.1, 0.15) is 39.0 Å². The molecule has 1 fully saturated rings. The molecule has 27 heavy (non-hydrogen) atoms. The van der Waals surface area contributed by atoms with E-state index in [1.165, 1.54) is 11.3 Å². The number of benzene rings is 2. The van der Waals surface area contributed by atoms with Crippen molar-refractivity contribution in [2.75, 3.05) is 6.54 Å². The highest BCUT2D eigenvalue weighted by molar-refractivity contribution is 7.14. The van der Waals surface area contributed by atoms with E-state index in [1.54, 1.807) is 11.0 Å². The van der Waals surface area contributed by atoms with Crippen LogP contribution in [0, 0.1) is 11.8 Å². The smallest absolute Gasteiger partial charge is 0.299 e. The first kappa shape index (κ1) is 17.3. The molecule has 0 saturated carbocycles. The molecule has 4 rings (SSSR count). The molecule has 0 radical (unpaired) electrons. The Bertz CT molecular complexity index is 1080. The van der Waals surface area contributed by atoms with Crippen molar-refractivity contribution >= 4 is 33.9 Å². The van der Waals surface area contributed by atoms with Gasteiger partial charge in [0, 0.05) is 22.9 Å². The Morgan fingerprint density at radius 1 is 1.07 bits per heavy atom. The number of primary amides is 1. The normalized spacial score (nSPS) is 16.1. The second-order valence-corrected chi connectivity index (χ2v) is 7.61. The Hall–Kier alpha value is -3.10. The molecule has 0 bridgehead atoms. The summed E-state index contributed by atoms with van der Waals surface area (Å²) < 4.78 is 0. The minimum Gasteiger partial charge on any atom is -0.365 e. The number of nitrogens with zero attached hydrogens (tertiary/aromatic N) is 1. The van der Waals surface area contributed by atoms with E-state index in [9.17, 15) is 9.59 Å². The number of nitrogens with two attached hydrogens (primary N) is 1. The molecule has 5 heteroatoms. The highest BCUT2D eigenvalue weighted by atomic mass is 32.1. The molecule has 2 amide bonds. The van der Waals surface area contributed by atoms with Gasteiger partial charge in [0.25, 0.3) is 11.8 Å². The first-order chi connectivity index (χ1) is 13.1. The summed E-state index contributed by atoms with van der Waals surface area (Å²) in [5, 5.41) is 2.15. The first-order valence-electron chi connectivity index (χ1n) is 8.83. The molecule has 1 atom stereocenters. The molecule has 134 valence electrons. The molecule has 1 unspecified atom stereocenters. The fourth-order valence-corrected chi connectivity index (χ4v) is 4.50. The number of amides is 2. The van der Waals surface area contributed by atoms with Crippen molar-refractivity contribution in [3.63, 3.8) is 0 Å². The van der Waals surface area contributed by atoms with Crippen LogP contribution in [0.15, 0.2) is 54.6 Å². The molecule has 3 aromatic rings. The second kappa shape index (κ2) is 7.26. The Morgan fingerprint density at radius 2 is 1.89 bits per heavy atom. The average Bonchev–Trinajstić information content (AvgIpc) is 3.35. The van der Waals surface area contributed by atoms with Crippen molar-refractivity contribution < 1.29 is 9.59 Å². The zero-order valence-corrected chi connectivity index (χ0v) is 15.5. The number of likely N-dealkylation sites (tertiary alicyclic amines) is 1. The van der Waals surface area contributed by atoms with Crippen LogP contribution in [-0.4, -0.2) is 23.3 Å². The molecule has 1 saturated heterocycles. The van der Waals surface area contributed by atoms with Gasteiger partial charge in [-0.05, 0) is 41.8 Å². The molecule has 1 aliphatic rings. The number of hydrogen-bond acceptors (Lipinski definition) is 3. The lowest BCUT2D eigenvalue weighted by atomic mass is 10.1. The number of hydrogen-bond donors (Lipinski definition) is 1. The van der Waals surface area contributed by atoms with Crippen molar-refractivity contribution in [3.8, 4) is 11.8 Å². The Kier molecular flexibility index (Phi) is 4.66. The Labute approximate surface area is 161 Å². The maximum absolute atomic E-state index is 12.7. The van der Waals surface area contributed by atoms with Gasteiger partial charge in [0.1, 0.15) is 0 Å². The number of thiophene rings is 1. The third-order valence-electron chi connectivity index (χ3n) is 4.81. The van der Waals surface area contributed by atoms with Gasteiger partial charge in [0.05, 0.1) is 10.9 Å². The van der Waals surface area contributed by atoms with Crippen molar-refractivity contribution in [1.82, 2.24) is 4.90 Å². The van der Waals surface area contributed by atoms with Gasteiger partial charge in [0.2, 0.25) is 0 Å². The molecule has 1 aliphatic heterocycles. The van der Waals surface area contributed by atoms with Crippen LogP contribution in [0.25, 0.3) is 10.8 Å². The molecule has 2 aromatic carbocycles. The van der Waals surface area contributed by atoms with Gasteiger partial charge >= 0.3 is 0 Å². The summed E-state index contributed by atoms with van der Waals surface area (Å²) in [6.45, 7) is 0.678. The molecule has 4 nitrogen and oxygen atoms in total. The van der Waals surface area contributed by atoms with Crippen molar-refractivity contribution in [2.45, 2.75) is 18.9 Å². The van der Waals surface area contributed by atoms with E-state index in [0.29, 0.717) is 11.4 Å². The second-order valence-electron chi connectivity index (χ2n) is 6.50. The minimum absolute atomic E-state index is 0.0302. The van der Waals surface area contributed by atoms with Gasteiger partial charge in [-0.15, -0.1) is 11.3 Å². The summed E-state index contributed by atoms with van der Waals surface area (Å²) in [7, 11) is 0. The number of carbonyl (C=O) groups is 2. The number of rotatable bonds is 2. The van der Waals surface area contributed by atoms with Gasteiger partial charge in [-0.1, -0.05) is 42.3 Å². The van der Waals surface area contributed by atoms with E-state index >= 15 is 0 Å². The Balaban J connectivity index is 1.59. The van der Waals surface area contributed by atoms with Crippen molar-refractivity contribution in [3.05, 3.63) is 69.9 Å². The fourth-order valence-electron chi connectivity index (χ4n) is 3.50. The van der Waals surface area contributed by atoms with Gasteiger partial charge in [-0.25, -0.2) is 0 Å². The van der Waals surface area contributed by atoms with Crippen molar-refractivity contribution in [2.24, 2.45) is 5.73 Å². The Morgan fingerprint density at radius 3 is 2.70 bits per heavy atom. The maximum Gasteiger partial charge on any atom is 0.299 e. The van der Waals surface area contributed by atoms with Crippen LogP contribution in [0.5, 0.6) is 0 Å². The summed E-state index contributed by atoms with van der Waals surface area (Å²) in [5.74, 6) is 5.25. The van der Waals surface area contributed by atoms with Gasteiger partial charge in [-0.2, -0.15) is 0 Å². The van der Waals surface area contributed by atoms with Crippen LogP contribution < -0.4 is 5.73 Å². The minimum atomic E-state index is -0.433. The molecular weight excluding hydrogens is 356 g/mol. The van der Waals surface area contributed by atoms with Crippen molar-refractivity contribution in [1.29, 1.82) is 0 Å². The van der Waals surface area contributed by atoms with Gasteiger partial charge in [0.15, 0.2) is 0 Å². The first-order valence-corrected chi connectivity index (χ1v) is 9.65. The predicted molar refractivity (Wildman–Crippen MR) is 107 cm³/mol. The summed E-state index contributed by atoms with van der Waals surface area (Å²) in [5.41, 5.74) is 6.20. The van der Waals surface area contributed by atoms with Crippen LogP contribution in [-0.2, 0) is 4.79 Å². The quantitative estimate of drug-likeness (QED) is 0.695. The van der Waals surface area contributed by atoms with Crippen LogP contribution in [0.3, 0.4) is 0 Å². The molecule has 0 aliphatic carbocycles. The summed E-state index contributed by atoms with van der Waals surface area (Å²) in [6, 6.07) is 17.5. The zero-order chi connectivity index (χ0) is 18.8. The summed E-state index contributed by atoms with van der Waals surface area (Å²) in [6.07, 6.45) is 1.80. The average molecular weight is 374 g/mol. The summed E-state index contributed by atoms with van der Waals surface area (Å²) in [4.78, 5) is 27.4. The lowest BCUT2D eigenvalue weighted by Gasteiger charge is -2.21. The van der Waals surface area contributed by atoms with E-state index in [0.717, 1.165) is 34.1 Å². The van der Waals surface area contributed by atoms with E-state index < -0.39 is 5.91 Å². The number of carbonyl (C=O) groups excluding carboxylic acids is 2. The zero-order valence-electron chi connectivity index (χ0n) is 14.6. The molecule has 1 aromatic heterocycles. The van der Waals surface area contributed by atoms with Gasteiger partial charge < -0.3 is 10.6 Å². The van der Waals surface area contributed by atoms with E-state index in [1.807, 2.05) is 48.5 Å². The van der Waals surface area contributed by atoms with Gasteiger partial charge in [-0.3, -0.25) is 9.59 Å². The highest BCUT2D eigenvalue weighted by Crippen LogP contribution is 2.35.